The summed E-state index contributed by atoms with van der Waals surface area (Å²) in [5, 5.41) is 16.3. The van der Waals surface area contributed by atoms with Crippen molar-refractivity contribution < 1.29 is 19.2 Å². The third kappa shape index (κ3) is 5.42. The molecule has 4 rings (SSSR count). The highest BCUT2D eigenvalue weighted by molar-refractivity contribution is 5.85. The summed E-state index contributed by atoms with van der Waals surface area (Å²) in [6.45, 7) is 3.41. The molecular weight excluding hydrogens is 464 g/mol. The van der Waals surface area contributed by atoms with Crippen LogP contribution in [0, 0.1) is 10.1 Å². The van der Waals surface area contributed by atoms with E-state index in [-0.39, 0.29) is 35.1 Å². The molecule has 1 heterocycles. The molecule has 0 unspecified atom stereocenters. The SMILES string of the molecule is CCOC(=O)[C@H](C)Oc1ccc([N+](=O)[O-])cc1C=Nn1c(C2CCCCC2)nc2ccccc2c1=O. The van der Waals surface area contributed by atoms with E-state index >= 15 is 0 Å². The van der Waals surface area contributed by atoms with Gasteiger partial charge in [-0.1, -0.05) is 31.4 Å². The van der Waals surface area contributed by atoms with E-state index in [0.29, 0.717) is 16.7 Å². The van der Waals surface area contributed by atoms with Crippen molar-refractivity contribution in [2.24, 2.45) is 5.10 Å². The standard InChI is InChI=1S/C26H28N4O6/c1-3-35-26(32)17(2)36-23-14-13-20(30(33)34)15-19(23)16-27-29-24(18-9-5-4-6-10-18)28-22-12-8-7-11-21(22)25(29)31/h7-8,11-18H,3-6,9-10H2,1-2H3/t17-/m0/s1. The summed E-state index contributed by atoms with van der Waals surface area (Å²) >= 11 is 0. The summed E-state index contributed by atoms with van der Waals surface area (Å²) < 4.78 is 12.0. The van der Waals surface area contributed by atoms with Crippen molar-refractivity contribution in [3.63, 3.8) is 0 Å². The quantitative estimate of drug-likeness (QED) is 0.195. The number of nitro groups is 1. The number of fused-ring (bicyclic) bond motifs is 1. The zero-order valence-electron chi connectivity index (χ0n) is 20.3. The number of esters is 1. The minimum absolute atomic E-state index is 0.0814. The summed E-state index contributed by atoms with van der Waals surface area (Å²) in [5.41, 5.74) is 0.362. The molecule has 1 aromatic heterocycles. The molecule has 1 fully saturated rings. The van der Waals surface area contributed by atoms with Gasteiger partial charge in [-0.15, -0.1) is 0 Å². The van der Waals surface area contributed by atoms with Crippen LogP contribution in [0.1, 0.15) is 63.3 Å². The molecule has 0 aliphatic heterocycles. The van der Waals surface area contributed by atoms with Crippen LogP contribution < -0.4 is 10.3 Å². The third-order valence-electron chi connectivity index (χ3n) is 6.19. The Morgan fingerprint density at radius 3 is 2.72 bits per heavy atom. The first-order valence-corrected chi connectivity index (χ1v) is 12.1. The molecule has 10 nitrogen and oxygen atoms in total. The van der Waals surface area contributed by atoms with Gasteiger partial charge in [-0.2, -0.15) is 9.78 Å². The second-order valence-electron chi connectivity index (χ2n) is 8.67. The normalized spacial score (nSPS) is 15.2. The second-order valence-corrected chi connectivity index (χ2v) is 8.67. The molecule has 0 saturated heterocycles. The lowest BCUT2D eigenvalue weighted by atomic mass is 9.88. The van der Waals surface area contributed by atoms with Crippen LogP contribution in [-0.2, 0) is 9.53 Å². The van der Waals surface area contributed by atoms with E-state index in [4.69, 9.17) is 14.5 Å². The van der Waals surface area contributed by atoms with E-state index in [2.05, 4.69) is 5.10 Å². The van der Waals surface area contributed by atoms with Gasteiger partial charge >= 0.3 is 5.97 Å². The minimum atomic E-state index is -0.943. The molecule has 0 radical (unpaired) electrons. The van der Waals surface area contributed by atoms with E-state index in [0.717, 1.165) is 32.1 Å². The highest BCUT2D eigenvalue weighted by atomic mass is 16.6. The summed E-state index contributed by atoms with van der Waals surface area (Å²) in [4.78, 5) is 41.1. The lowest BCUT2D eigenvalue weighted by Gasteiger charge is -2.22. The summed E-state index contributed by atoms with van der Waals surface area (Å²) in [5.74, 6) is 0.291. The number of hydrogen-bond acceptors (Lipinski definition) is 8. The van der Waals surface area contributed by atoms with Gasteiger partial charge in [-0.25, -0.2) is 9.78 Å². The van der Waals surface area contributed by atoms with Crippen LogP contribution in [0.2, 0.25) is 0 Å². The van der Waals surface area contributed by atoms with E-state index < -0.39 is 17.0 Å². The fraction of sp³-hybridized carbons (Fsp3) is 0.385. The van der Waals surface area contributed by atoms with Gasteiger partial charge in [0.25, 0.3) is 11.2 Å². The van der Waals surface area contributed by atoms with Crippen molar-refractivity contribution in [2.75, 3.05) is 6.61 Å². The Kier molecular flexibility index (Phi) is 7.72. The summed E-state index contributed by atoms with van der Waals surface area (Å²) in [7, 11) is 0. The van der Waals surface area contributed by atoms with Crippen LogP contribution in [0.3, 0.4) is 0 Å². The van der Waals surface area contributed by atoms with Gasteiger partial charge in [0, 0.05) is 23.6 Å². The van der Waals surface area contributed by atoms with Crippen molar-refractivity contribution in [3.8, 4) is 5.75 Å². The number of benzene rings is 2. The lowest BCUT2D eigenvalue weighted by Crippen LogP contribution is -2.26. The third-order valence-corrected chi connectivity index (χ3v) is 6.19. The first kappa shape index (κ1) is 25.0. The second kappa shape index (κ2) is 11.1. The minimum Gasteiger partial charge on any atom is -0.478 e. The number of carbonyl (C=O) groups is 1. The van der Waals surface area contributed by atoms with Gasteiger partial charge < -0.3 is 9.47 Å². The zero-order valence-corrected chi connectivity index (χ0v) is 20.3. The first-order valence-electron chi connectivity index (χ1n) is 12.1. The number of hydrogen-bond donors (Lipinski definition) is 0. The molecule has 3 aromatic rings. The highest BCUT2D eigenvalue weighted by Gasteiger charge is 2.23. The number of ether oxygens (including phenoxy) is 2. The largest absolute Gasteiger partial charge is 0.478 e. The number of nitro benzene ring substituents is 1. The van der Waals surface area contributed by atoms with Gasteiger partial charge in [0.2, 0.25) is 0 Å². The maximum atomic E-state index is 13.4. The predicted octanol–water partition coefficient (Wildman–Crippen LogP) is 4.57. The lowest BCUT2D eigenvalue weighted by molar-refractivity contribution is -0.384. The maximum absolute atomic E-state index is 13.4. The Bertz CT molecular complexity index is 1360. The van der Waals surface area contributed by atoms with Crippen molar-refractivity contribution in [1.82, 2.24) is 9.66 Å². The van der Waals surface area contributed by atoms with Gasteiger partial charge in [0.15, 0.2) is 6.10 Å². The van der Waals surface area contributed by atoms with Gasteiger partial charge in [0.1, 0.15) is 11.6 Å². The Hall–Kier alpha value is -4.08. The molecular formula is C26H28N4O6. The van der Waals surface area contributed by atoms with Crippen molar-refractivity contribution in [3.05, 3.63) is 74.3 Å². The average molecular weight is 493 g/mol. The van der Waals surface area contributed by atoms with Crippen molar-refractivity contribution in [1.29, 1.82) is 0 Å². The molecule has 1 aliphatic rings. The molecule has 1 aliphatic carbocycles. The topological polar surface area (TPSA) is 126 Å². The van der Waals surface area contributed by atoms with Crippen LogP contribution >= 0.6 is 0 Å². The molecule has 36 heavy (non-hydrogen) atoms. The Balaban J connectivity index is 1.79. The van der Waals surface area contributed by atoms with Crippen LogP contribution in [0.4, 0.5) is 5.69 Å². The molecule has 10 heteroatoms. The molecule has 2 aromatic carbocycles. The molecule has 0 spiro atoms. The molecule has 0 bridgehead atoms. The smallest absolute Gasteiger partial charge is 0.347 e. The molecule has 188 valence electrons. The Morgan fingerprint density at radius 2 is 2.00 bits per heavy atom. The molecule has 0 amide bonds. The predicted molar refractivity (Wildman–Crippen MR) is 135 cm³/mol. The van der Waals surface area contributed by atoms with Crippen LogP contribution in [0.5, 0.6) is 5.75 Å². The van der Waals surface area contributed by atoms with E-state index in [1.807, 2.05) is 6.07 Å². The molecule has 1 atom stereocenters. The van der Waals surface area contributed by atoms with Crippen LogP contribution in [-0.4, -0.2) is 39.5 Å². The van der Waals surface area contributed by atoms with E-state index in [1.54, 1.807) is 25.1 Å². The van der Waals surface area contributed by atoms with Crippen LogP contribution in [0.15, 0.2) is 52.4 Å². The van der Waals surface area contributed by atoms with Crippen molar-refractivity contribution in [2.45, 2.75) is 58.0 Å². The zero-order chi connectivity index (χ0) is 25.7. The van der Waals surface area contributed by atoms with E-state index in [9.17, 15) is 19.7 Å². The molecule has 0 N–H and O–H groups in total. The summed E-state index contributed by atoms with van der Waals surface area (Å²) in [6, 6.07) is 11.1. The number of carbonyl (C=O) groups excluding carboxylic acids is 1. The number of rotatable bonds is 8. The van der Waals surface area contributed by atoms with Gasteiger partial charge in [0.05, 0.1) is 28.6 Å². The number of non-ortho nitro benzene ring substituents is 1. The fourth-order valence-corrected chi connectivity index (χ4v) is 4.35. The highest BCUT2D eigenvalue weighted by Crippen LogP contribution is 2.32. The summed E-state index contributed by atoms with van der Waals surface area (Å²) in [6.07, 6.45) is 5.44. The Morgan fingerprint density at radius 1 is 1.25 bits per heavy atom. The van der Waals surface area contributed by atoms with Crippen LogP contribution in [0.25, 0.3) is 10.9 Å². The van der Waals surface area contributed by atoms with E-state index in [1.165, 1.54) is 36.0 Å². The fourth-order valence-electron chi connectivity index (χ4n) is 4.35. The van der Waals surface area contributed by atoms with Crippen molar-refractivity contribution >= 4 is 28.8 Å². The first-order chi connectivity index (χ1) is 17.4. The average Bonchev–Trinajstić information content (AvgIpc) is 2.89. The number of nitrogens with zero attached hydrogens (tertiary/aromatic N) is 4. The monoisotopic (exact) mass is 492 g/mol. The molecule has 1 saturated carbocycles. The Labute approximate surface area is 207 Å². The maximum Gasteiger partial charge on any atom is 0.347 e. The number of para-hydroxylation sites is 1. The van der Waals surface area contributed by atoms with Gasteiger partial charge in [-0.3, -0.25) is 14.9 Å². The number of aromatic nitrogens is 2. The van der Waals surface area contributed by atoms with Gasteiger partial charge in [-0.05, 0) is 44.9 Å².